The van der Waals surface area contributed by atoms with Crippen LogP contribution in [0.1, 0.15) is 49.3 Å². The van der Waals surface area contributed by atoms with Crippen LogP contribution in [0.4, 0.5) is 0 Å². The Balaban J connectivity index is 1.75. The highest BCUT2D eigenvalue weighted by atomic mass is 14.9. The summed E-state index contributed by atoms with van der Waals surface area (Å²) in [6, 6.07) is 6.76. The van der Waals surface area contributed by atoms with Crippen LogP contribution in [0.25, 0.3) is 0 Å². The van der Waals surface area contributed by atoms with Crippen molar-refractivity contribution in [3.05, 3.63) is 34.9 Å². The van der Waals surface area contributed by atoms with Crippen molar-refractivity contribution >= 4 is 0 Å². The van der Waals surface area contributed by atoms with E-state index in [2.05, 4.69) is 44.3 Å². The second-order valence-corrected chi connectivity index (χ2v) is 6.19. The first-order valence-corrected chi connectivity index (χ1v) is 7.42. The highest BCUT2D eigenvalue weighted by Gasteiger charge is 2.17. The maximum atomic E-state index is 3.65. The summed E-state index contributed by atoms with van der Waals surface area (Å²) in [6.07, 6.45) is 5.69. The van der Waals surface area contributed by atoms with Crippen LogP contribution in [0.2, 0.25) is 0 Å². The summed E-state index contributed by atoms with van der Waals surface area (Å²) in [5.41, 5.74) is 4.22. The maximum Gasteiger partial charge on any atom is 0.0208 e. The molecule has 0 atom stereocenters. The topological polar surface area (TPSA) is 12.0 Å². The van der Waals surface area contributed by atoms with Crippen LogP contribution in [-0.2, 0) is 6.54 Å². The lowest BCUT2D eigenvalue weighted by atomic mass is 9.83. The van der Waals surface area contributed by atoms with Gasteiger partial charge < -0.3 is 5.32 Å². The summed E-state index contributed by atoms with van der Waals surface area (Å²) in [6.45, 7) is 8.98. The van der Waals surface area contributed by atoms with Crippen LogP contribution in [0, 0.1) is 25.7 Å². The van der Waals surface area contributed by atoms with Gasteiger partial charge in [0, 0.05) is 6.54 Å². The largest absolute Gasteiger partial charge is 0.312 e. The summed E-state index contributed by atoms with van der Waals surface area (Å²) in [7, 11) is 0. The quantitative estimate of drug-likeness (QED) is 0.837. The van der Waals surface area contributed by atoms with Gasteiger partial charge in [0.2, 0.25) is 0 Å². The highest BCUT2D eigenvalue weighted by Crippen LogP contribution is 2.27. The van der Waals surface area contributed by atoms with E-state index in [0.717, 1.165) is 18.4 Å². The minimum atomic E-state index is 0.909. The first-order valence-electron chi connectivity index (χ1n) is 7.42. The Morgan fingerprint density at radius 3 is 2.50 bits per heavy atom. The Kier molecular flexibility index (Phi) is 4.82. The number of aryl methyl sites for hydroxylation is 2. The molecule has 0 unspecified atom stereocenters. The van der Waals surface area contributed by atoms with Gasteiger partial charge in [0.05, 0.1) is 0 Å². The van der Waals surface area contributed by atoms with Gasteiger partial charge in [-0.2, -0.15) is 0 Å². The Morgan fingerprint density at radius 1 is 1.11 bits per heavy atom. The summed E-state index contributed by atoms with van der Waals surface area (Å²) < 4.78 is 0. The van der Waals surface area contributed by atoms with Crippen molar-refractivity contribution < 1.29 is 0 Å². The Bertz CT molecular complexity index is 375. The molecule has 1 aromatic rings. The zero-order valence-electron chi connectivity index (χ0n) is 12.1. The first kappa shape index (κ1) is 13.6. The normalized spacial score (nSPS) is 24.2. The molecule has 0 aromatic heterocycles. The second-order valence-electron chi connectivity index (χ2n) is 6.19. The van der Waals surface area contributed by atoms with Crippen molar-refractivity contribution in [1.82, 2.24) is 5.32 Å². The van der Waals surface area contributed by atoms with Crippen LogP contribution in [-0.4, -0.2) is 6.54 Å². The van der Waals surface area contributed by atoms with E-state index in [0.29, 0.717) is 0 Å². The smallest absolute Gasteiger partial charge is 0.0208 e. The molecule has 1 heteroatoms. The SMILES string of the molecule is Cc1ccc(CNCC2CCC(C)CC2)c(C)c1. The van der Waals surface area contributed by atoms with Crippen molar-refractivity contribution in [3.8, 4) is 0 Å². The molecule has 1 saturated carbocycles. The third kappa shape index (κ3) is 3.84. The van der Waals surface area contributed by atoms with Crippen LogP contribution >= 0.6 is 0 Å². The van der Waals surface area contributed by atoms with Crippen LogP contribution < -0.4 is 5.32 Å². The number of benzene rings is 1. The van der Waals surface area contributed by atoms with Crippen molar-refractivity contribution in [2.75, 3.05) is 6.54 Å². The number of nitrogens with one attached hydrogen (secondary N) is 1. The van der Waals surface area contributed by atoms with Gasteiger partial charge in [0.25, 0.3) is 0 Å². The molecule has 1 aliphatic carbocycles. The lowest BCUT2D eigenvalue weighted by molar-refractivity contribution is 0.281. The minimum absolute atomic E-state index is 0.909. The lowest BCUT2D eigenvalue weighted by Gasteiger charge is -2.26. The van der Waals surface area contributed by atoms with E-state index in [1.807, 2.05) is 0 Å². The van der Waals surface area contributed by atoms with Gasteiger partial charge in [0.1, 0.15) is 0 Å². The predicted octanol–water partition coefficient (Wildman–Crippen LogP) is 4.22. The molecular formula is C17H27N. The monoisotopic (exact) mass is 245 g/mol. The maximum absolute atomic E-state index is 3.65. The number of rotatable bonds is 4. The van der Waals surface area contributed by atoms with Crippen molar-refractivity contribution in [3.63, 3.8) is 0 Å². The lowest BCUT2D eigenvalue weighted by Crippen LogP contribution is -2.26. The Hall–Kier alpha value is -0.820. The second kappa shape index (κ2) is 6.38. The zero-order chi connectivity index (χ0) is 13.0. The molecule has 1 aliphatic rings. The van der Waals surface area contributed by atoms with Gasteiger partial charge in [-0.05, 0) is 56.2 Å². The van der Waals surface area contributed by atoms with E-state index in [4.69, 9.17) is 0 Å². The van der Waals surface area contributed by atoms with Gasteiger partial charge >= 0.3 is 0 Å². The molecule has 0 bridgehead atoms. The molecule has 0 heterocycles. The Morgan fingerprint density at radius 2 is 1.83 bits per heavy atom. The van der Waals surface area contributed by atoms with E-state index < -0.39 is 0 Å². The Labute approximate surface area is 112 Å². The molecule has 0 spiro atoms. The van der Waals surface area contributed by atoms with Gasteiger partial charge in [-0.25, -0.2) is 0 Å². The molecule has 0 aliphatic heterocycles. The van der Waals surface area contributed by atoms with Crippen molar-refractivity contribution in [2.24, 2.45) is 11.8 Å². The fourth-order valence-corrected chi connectivity index (χ4v) is 2.99. The summed E-state index contributed by atoms with van der Waals surface area (Å²) >= 11 is 0. The van der Waals surface area contributed by atoms with Gasteiger partial charge in [-0.3, -0.25) is 0 Å². The molecule has 1 N–H and O–H groups in total. The van der Waals surface area contributed by atoms with Gasteiger partial charge in [0.15, 0.2) is 0 Å². The predicted molar refractivity (Wildman–Crippen MR) is 78.7 cm³/mol. The van der Waals surface area contributed by atoms with E-state index >= 15 is 0 Å². The average Bonchev–Trinajstić information content (AvgIpc) is 2.34. The molecule has 2 rings (SSSR count). The standard InChI is InChI=1S/C17H27N/c1-13-4-7-16(8-5-13)11-18-12-17-9-6-14(2)10-15(17)3/h6,9-10,13,16,18H,4-5,7-8,11-12H2,1-3H3. The fraction of sp³-hybridized carbons (Fsp3) is 0.647. The molecule has 1 nitrogen and oxygen atoms in total. The molecule has 1 fully saturated rings. The summed E-state index contributed by atoms with van der Waals surface area (Å²) in [5.74, 6) is 1.87. The highest BCUT2D eigenvalue weighted by molar-refractivity contribution is 5.30. The van der Waals surface area contributed by atoms with Crippen LogP contribution in [0.5, 0.6) is 0 Å². The van der Waals surface area contributed by atoms with Crippen molar-refractivity contribution in [1.29, 1.82) is 0 Å². The number of hydrogen-bond donors (Lipinski definition) is 1. The van der Waals surface area contributed by atoms with E-state index in [1.165, 1.54) is 48.9 Å². The zero-order valence-corrected chi connectivity index (χ0v) is 12.1. The molecule has 0 radical (unpaired) electrons. The molecular weight excluding hydrogens is 218 g/mol. The third-order valence-electron chi connectivity index (χ3n) is 4.38. The average molecular weight is 245 g/mol. The summed E-state index contributed by atoms with van der Waals surface area (Å²) in [5, 5.41) is 3.65. The van der Waals surface area contributed by atoms with E-state index in [9.17, 15) is 0 Å². The van der Waals surface area contributed by atoms with E-state index in [-0.39, 0.29) is 0 Å². The molecule has 100 valence electrons. The molecule has 18 heavy (non-hydrogen) atoms. The summed E-state index contributed by atoms with van der Waals surface area (Å²) in [4.78, 5) is 0. The third-order valence-corrected chi connectivity index (χ3v) is 4.38. The van der Waals surface area contributed by atoms with Crippen LogP contribution in [0.15, 0.2) is 18.2 Å². The minimum Gasteiger partial charge on any atom is -0.312 e. The van der Waals surface area contributed by atoms with Crippen molar-refractivity contribution in [2.45, 2.75) is 53.0 Å². The molecule has 0 amide bonds. The van der Waals surface area contributed by atoms with Crippen LogP contribution in [0.3, 0.4) is 0 Å². The molecule has 0 saturated heterocycles. The molecule has 1 aromatic carbocycles. The van der Waals surface area contributed by atoms with E-state index in [1.54, 1.807) is 0 Å². The fourth-order valence-electron chi connectivity index (χ4n) is 2.99. The number of hydrogen-bond acceptors (Lipinski definition) is 1. The van der Waals surface area contributed by atoms with Gasteiger partial charge in [-0.1, -0.05) is 43.5 Å². The van der Waals surface area contributed by atoms with Gasteiger partial charge in [-0.15, -0.1) is 0 Å². The first-order chi connectivity index (χ1) is 8.65.